The van der Waals surface area contributed by atoms with Crippen molar-refractivity contribution in [3.05, 3.63) is 36.0 Å². The van der Waals surface area contributed by atoms with Gasteiger partial charge in [-0.1, -0.05) is 31.5 Å². The van der Waals surface area contributed by atoms with Crippen molar-refractivity contribution in [3.8, 4) is 0 Å². The fourth-order valence-corrected chi connectivity index (χ4v) is 2.98. The minimum atomic E-state index is -0.526. The van der Waals surface area contributed by atoms with Crippen molar-refractivity contribution in [1.29, 1.82) is 0 Å². The molecule has 1 aromatic heterocycles. The summed E-state index contributed by atoms with van der Waals surface area (Å²) in [4.78, 5) is 15.3. The molecule has 0 saturated carbocycles. The lowest BCUT2D eigenvalue weighted by molar-refractivity contribution is 0.0517. The molecule has 2 aromatic rings. The van der Waals surface area contributed by atoms with Gasteiger partial charge in [-0.15, -0.1) is 0 Å². The van der Waals surface area contributed by atoms with Crippen molar-refractivity contribution in [3.63, 3.8) is 0 Å². The number of rotatable bonds is 6. The Labute approximate surface area is 143 Å². The number of hydrogen-bond acceptors (Lipinski definition) is 3. The topological polar surface area (TPSA) is 74.3 Å². The number of fused-ring (bicyclic) bond motifs is 1. The summed E-state index contributed by atoms with van der Waals surface area (Å²) in [5, 5.41) is 13.7. The maximum atomic E-state index is 12.0. The zero-order valence-electron chi connectivity index (χ0n) is 14.9. The van der Waals surface area contributed by atoms with Crippen molar-refractivity contribution < 1.29 is 14.6 Å². The Bertz CT molecular complexity index is 669. The molecular formula is C19H28N2O3. The van der Waals surface area contributed by atoms with Crippen LogP contribution >= 0.6 is 0 Å². The predicted molar refractivity (Wildman–Crippen MR) is 96.1 cm³/mol. The van der Waals surface area contributed by atoms with Gasteiger partial charge in [0.2, 0.25) is 0 Å². The Morgan fingerprint density at radius 3 is 2.67 bits per heavy atom. The maximum Gasteiger partial charge on any atom is 0.407 e. The molecule has 5 heteroatoms. The first kappa shape index (κ1) is 18.3. The standard InChI is InChI=1S/C19H28N2O3/c1-5-13(12-22)15(10-21-18(23)24-19(2,3)4)16-11-20-17-9-7-6-8-14(16)17/h6-9,11,13,15,20,22H,5,10,12H2,1-4H3,(H,21,23)/t13-,15-/m1/s1. The lowest BCUT2D eigenvalue weighted by Crippen LogP contribution is -2.36. The van der Waals surface area contributed by atoms with Crippen LogP contribution < -0.4 is 5.32 Å². The molecule has 2 rings (SSSR count). The average molecular weight is 332 g/mol. The third-order valence-corrected chi connectivity index (χ3v) is 4.21. The zero-order valence-corrected chi connectivity index (χ0v) is 14.9. The minimum Gasteiger partial charge on any atom is -0.444 e. The van der Waals surface area contributed by atoms with Gasteiger partial charge in [0.25, 0.3) is 0 Å². The van der Waals surface area contributed by atoms with Crippen LogP contribution in [0.15, 0.2) is 30.5 Å². The number of ether oxygens (including phenoxy) is 1. The number of benzene rings is 1. The number of para-hydroxylation sites is 1. The van der Waals surface area contributed by atoms with E-state index >= 15 is 0 Å². The van der Waals surface area contributed by atoms with Gasteiger partial charge in [-0.3, -0.25) is 0 Å². The first-order valence-electron chi connectivity index (χ1n) is 8.49. The van der Waals surface area contributed by atoms with Crippen molar-refractivity contribution in [1.82, 2.24) is 10.3 Å². The van der Waals surface area contributed by atoms with Crippen LogP contribution in [0.4, 0.5) is 4.79 Å². The zero-order chi connectivity index (χ0) is 17.7. The van der Waals surface area contributed by atoms with Crippen LogP contribution in [0.2, 0.25) is 0 Å². The Hall–Kier alpha value is -2.01. The molecule has 24 heavy (non-hydrogen) atoms. The summed E-state index contributed by atoms with van der Waals surface area (Å²) >= 11 is 0. The molecule has 5 nitrogen and oxygen atoms in total. The number of amides is 1. The number of alkyl carbamates (subject to hydrolysis) is 1. The molecule has 1 aromatic carbocycles. The van der Waals surface area contributed by atoms with Gasteiger partial charge in [-0.2, -0.15) is 0 Å². The summed E-state index contributed by atoms with van der Waals surface area (Å²) in [5.74, 6) is 0.0859. The van der Waals surface area contributed by atoms with Crippen molar-refractivity contribution in [2.45, 2.75) is 45.6 Å². The molecule has 1 heterocycles. The normalized spacial score (nSPS) is 14.4. The maximum absolute atomic E-state index is 12.0. The number of hydrogen-bond donors (Lipinski definition) is 3. The summed E-state index contributed by atoms with van der Waals surface area (Å²) < 4.78 is 5.32. The third-order valence-electron chi connectivity index (χ3n) is 4.21. The minimum absolute atomic E-state index is 0.0173. The fraction of sp³-hybridized carbons (Fsp3) is 0.526. The number of aliphatic hydroxyl groups excluding tert-OH is 1. The molecule has 0 radical (unpaired) electrons. The second-order valence-corrected chi connectivity index (χ2v) is 7.13. The highest BCUT2D eigenvalue weighted by atomic mass is 16.6. The van der Waals surface area contributed by atoms with E-state index in [-0.39, 0.29) is 18.4 Å². The van der Waals surface area contributed by atoms with Gasteiger partial charge in [0, 0.05) is 36.2 Å². The highest BCUT2D eigenvalue weighted by Gasteiger charge is 2.25. The largest absolute Gasteiger partial charge is 0.444 e. The smallest absolute Gasteiger partial charge is 0.407 e. The van der Waals surface area contributed by atoms with E-state index in [0.29, 0.717) is 6.54 Å². The van der Waals surface area contributed by atoms with Gasteiger partial charge in [0.05, 0.1) is 0 Å². The number of aromatic amines is 1. The summed E-state index contributed by atoms with van der Waals surface area (Å²) in [5.41, 5.74) is 1.65. The molecule has 3 N–H and O–H groups in total. The Kier molecular flexibility index (Phi) is 5.89. The van der Waals surface area contributed by atoms with Crippen LogP contribution in [0.5, 0.6) is 0 Å². The quantitative estimate of drug-likeness (QED) is 0.753. The molecular weight excluding hydrogens is 304 g/mol. The molecule has 0 bridgehead atoms. The van der Waals surface area contributed by atoms with Gasteiger partial charge >= 0.3 is 6.09 Å². The van der Waals surface area contributed by atoms with Crippen molar-refractivity contribution in [2.24, 2.45) is 5.92 Å². The van der Waals surface area contributed by atoms with Crippen LogP contribution in [0.3, 0.4) is 0 Å². The van der Waals surface area contributed by atoms with Crippen molar-refractivity contribution in [2.75, 3.05) is 13.2 Å². The van der Waals surface area contributed by atoms with Crippen molar-refractivity contribution >= 4 is 17.0 Å². The summed E-state index contributed by atoms with van der Waals surface area (Å²) in [6.07, 6.45) is 2.38. The molecule has 0 unspecified atom stereocenters. The van der Waals surface area contributed by atoms with E-state index < -0.39 is 11.7 Å². The number of aromatic nitrogens is 1. The van der Waals surface area contributed by atoms with Crippen LogP contribution in [0.1, 0.15) is 45.6 Å². The lowest BCUT2D eigenvalue weighted by Gasteiger charge is -2.26. The van der Waals surface area contributed by atoms with E-state index in [1.54, 1.807) is 0 Å². The highest BCUT2D eigenvalue weighted by molar-refractivity contribution is 5.83. The van der Waals surface area contributed by atoms with Crippen LogP contribution in [-0.2, 0) is 4.74 Å². The van der Waals surface area contributed by atoms with E-state index in [1.165, 1.54) is 0 Å². The highest BCUT2D eigenvalue weighted by Crippen LogP contribution is 2.32. The van der Waals surface area contributed by atoms with Gasteiger partial charge in [0.1, 0.15) is 5.60 Å². The third kappa shape index (κ3) is 4.51. The van der Waals surface area contributed by atoms with E-state index in [0.717, 1.165) is 22.9 Å². The van der Waals surface area contributed by atoms with Gasteiger partial charge < -0.3 is 20.1 Å². The molecule has 0 aliphatic rings. The molecule has 2 atom stereocenters. The molecule has 132 valence electrons. The number of aliphatic hydroxyl groups is 1. The fourth-order valence-electron chi connectivity index (χ4n) is 2.98. The first-order valence-corrected chi connectivity index (χ1v) is 8.49. The van der Waals surface area contributed by atoms with Gasteiger partial charge in [-0.05, 0) is 38.3 Å². The Morgan fingerprint density at radius 1 is 1.33 bits per heavy atom. The van der Waals surface area contributed by atoms with Gasteiger partial charge in [0.15, 0.2) is 0 Å². The van der Waals surface area contributed by atoms with E-state index in [1.807, 2.05) is 45.2 Å². The molecule has 0 saturated heterocycles. The van der Waals surface area contributed by atoms with E-state index in [9.17, 15) is 9.90 Å². The van der Waals surface area contributed by atoms with Crippen LogP contribution in [-0.4, -0.2) is 34.9 Å². The number of carbonyl (C=O) groups excluding carboxylic acids is 1. The summed E-state index contributed by atoms with van der Waals surface area (Å²) in [6, 6.07) is 8.07. The molecule has 0 spiro atoms. The Balaban J connectivity index is 2.21. The number of H-pyrrole nitrogens is 1. The average Bonchev–Trinajstić information content (AvgIpc) is 2.93. The molecule has 0 aliphatic heterocycles. The second kappa shape index (κ2) is 7.71. The molecule has 0 aliphatic carbocycles. The van der Waals surface area contributed by atoms with Gasteiger partial charge in [-0.25, -0.2) is 4.79 Å². The van der Waals surface area contributed by atoms with Crippen LogP contribution in [0, 0.1) is 5.92 Å². The monoisotopic (exact) mass is 332 g/mol. The predicted octanol–water partition coefficient (Wildman–Crippen LogP) is 3.79. The number of carbonyl (C=O) groups is 1. The summed E-state index contributed by atoms with van der Waals surface area (Å²) in [6.45, 7) is 8.08. The molecule has 0 fully saturated rings. The Morgan fingerprint density at radius 2 is 2.04 bits per heavy atom. The SMILES string of the molecule is CC[C@H](CO)[C@@H](CNC(=O)OC(C)(C)C)c1c[nH]c2ccccc12. The lowest BCUT2D eigenvalue weighted by atomic mass is 9.84. The molecule has 1 amide bonds. The van der Waals surface area contributed by atoms with Crippen LogP contribution in [0.25, 0.3) is 10.9 Å². The summed E-state index contributed by atoms with van der Waals surface area (Å²) in [7, 11) is 0. The first-order chi connectivity index (χ1) is 11.4. The van der Waals surface area contributed by atoms with E-state index in [4.69, 9.17) is 4.74 Å². The number of nitrogens with one attached hydrogen (secondary N) is 2. The van der Waals surface area contributed by atoms with E-state index in [2.05, 4.69) is 23.3 Å². The second-order valence-electron chi connectivity index (χ2n) is 7.13.